The number of carbonyl (C=O) groups excluding carboxylic acids is 1. The molecule has 0 saturated carbocycles. The number of amides is 1. The number of hydrogen-bond donors (Lipinski definition) is 3. The third-order valence-electron chi connectivity index (χ3n) is 3.22. The fourth-order valence-electron chi connectivity index (χ4n) is 1.88. The van der Waals surface area contributed by atoms with Crippen molar-refractivity contribution in [2.45, 2.75) is 25.4 Å². The first-order chi connectivity index (χ1) is 11.4. The molecule has 0 atom stereocenters. The van der Waals surface area contributed by atoms with E-state index in [2.05, 4.69) is 29.1 Å². The van der Waals surface area contributed by atoms with Gasteiger partial charge in [-0.05, 0) is 24.5 Å². The zero-order valence-corrected chi connectivity index (χ0v) is 14.2. The fourth-order valence-corrected chi connectivity index (χ4v) is 2.99. The molecule has 0 aliphatic rings. The van der Waals surface area contributed by atoms with E-state index in [0.29, 0.717) is 11.1 Å². The Kier molecular flexibility index (Phi) is 5.97. The third kappa shape index (κ3) is 4.58. The largest absolute Gasteiger partial charge is 0.382 e. The SMILES string of the molecule is CC(C)CCSc1nc(N)c(NC(=O)c2ccccc2F)c(=O)[nH]1. The Morgan fingerprint density at radius 2 is 2.12 bits per heavy atom. The first-order valence-corrected chi connectivity index (χ1v) is 8.45. The van der Waals surface area contributed by atoms with Crippen molar-refractivity contribution in [2.24, 2.45) is 5.92 Å². The number of thioether (sulfide) groups is 1. The van der Waals surface area contributed by atoms with Crippen LogP contribution in [0.15, 0.2) is 34.2 Å². The van der Waals surface area contributed by atoms with Gasteiger partial charge in [0.05, 0.1) is 5.56 Å². The molecule has 0 saturated heterocycles. The van der Waals surface area contributed by atoms with Gasteiger partial charge in [-0.2, -0.15) is 0 Å². The number of H-pyrrole nitrogens is 1. The highest BCUT2D eigenvalue weighted by Crippen LogP contribution is 2.19. The summed E-state index contributed by atoms with van der Waals surface area (Å²) in [5, 5.41) is 2.71. The molecule has 24 heavy (non-hydrogen) atoms. The molecule has 0 aliphatic heterocycles. The lowest BCUT2D eigenvalue weighted by atomic mass is 10.2. The number of nitrogen functional groups attached to an aromatic ring is 1. The lowest BCUT2D eigenvalue weighted by Gasteiger charge is -2.09. The number of carbonyl (C=O) groups is 1. The molecule has 4 N–H and O–H groups in total. The smallest absolute Gasteiger partial charge is 0.277 e. The number of rotatable bonds is 6. The summed E-state index contributed by atoms with van der Waals surface area (Å²) in [6.45, 7) is 4.21. The van der Waals surface area contributed by atoms with E-state index in [9.17, 15) is 14.0 Å². The summed E-state index contributed by atoms with van der Waals surface area (Å²) in [5.74, 6) is -0.205. The maximum atomic E-state index is 13.6. The molecular weight excluding hydrogens is 331 g/mol. The van der Waals surface area contributed by atoms with Gasteiger partial charge in [0.2, 0.25) is 0 Å². The number of nitrogens with one attached hydrogen (secondary N) is 2. The molecule has 1 heterocycles. The normalized spacial score (nSPS) is 10.8. The van der Waals surface area contributed by atoms with Crippen LogP contribution in [0, 0.1) is 11.7 Å². The molecule has 1 amide bonds. The maximum Gasteiger partial charge on any atom is 0.277 e. The summed E-state index contributed by atoms with van der Waals surface area (Å²) in [5.41, 5.74) is 4.84. The van der Waals surface area contributed by atoms with Crippen LogP contribution in [0.1, 0.15) is 30.6 Å². The van der Waals surface area contributed by atoms with Crippen LogP contribution in [0.3, 0.4) is 0 Å². The van der Waals surface area contributed by atoms with Crippen molar-refractivity contribution in [1.29, 1.82) is 0 Å². The standard InChI is InChI=1S/C16H19FN4O2S/c1-9(2)7-8-24-16-20-13(18)12(15(23)21-16)19-14(22)10-5-3-4-6-11(10)17/h3-6,9H,7-8H2,1-2H3,(H,19,22)(H3,18,20,21,23). The minimum atomic E-state index is -0.757. The number of benzene rings is 1. The Labute approximate surface area is 143 Å². The van der Waals surface area contributed by atoms with E-state index in [1.165, 1.54) is 30.0 Å². The average Bonchev–Trinajstić information content (AvgIpc) is 2.51. The Morgan fingerprint density at radius 1 is 1.42 bits per heavy atom. The van der Waals surface area contributed by atoms with Crippen LogP contribution in [-0.2, 0) is 0 Å². The summed E-state index contributed by atoms with van der Waals surface area (Å²) in [6.07, 6.45) is 0.972. The molecule has 0 aliphatic carbocycles. The second kappa shape index (κ2) is 7.96. The average molecular weight is 350 g/mol. The Bertz CT molecular complexity index is 792. The van der Waals surface area contributed by atoms with Crippen molar-refractivity contribution in [3.63, 3.8) is 0 Å². The van der Waals surface area contributed by atoms with Gasteiger partial charge < -0.3 is 11.1 Å². The summed E-state index contributed by atoms with van der Waals surface area (Å²) < 4.78 is 13.6. The maximum absolute atomic E-state index is 13.6. The second-order valence-electron chi connectivity index (χ2n) is 5.60. The first-order valence-electron chi connectivity index (χ1n) is 7.47. The molecule has 0 unspecified atom stereocenters. The quantitative estimate of drug-likeness (QED) is 0.549. The lowest BCUT2D eigenvalue weighted by molar-refractivity contribution is 0.102. The molecule has 0 spiro atoms. The first kappa shape index (κ1) is 18.0. The van der Waals surface area contributed by atoms with E-state index < -0.39 is 17.3 Å². The van der Waals surface area contributed by atoms with Crippen LogP contribution >= 0.6 is 11.8 Å². The van der Waals surface area contributed by atoms with Crippen LogP contribution in [-0.4, -0.2) is 21.6 Å². The van der Waals surface area contributed by atoms with Gasteiger partial charge in [-0.1, -0.05) is 37.7 Å². The summed E-state index contributed by atoms with van der Waals surface area (Å²) in [4.78, 5) is 30.8. The van der Waals surface area contributed by atoms with E-state index in [1.54, 1.807) is 0 Å². The van der Waals surface area contributed by atoms with Crippen LogP contribution in [0.5, 0.6) is 0 Å². The Hall–Kier alpha value is -2.35. The van der Waals surface area contributed by atoms with Gasteiger partial charge in [0.25, 0.3) is 11.5 Å². The molecule has 0 radical (unpaired) electrons. The predicted molar refractivity (Wildman–Crippen MR) is 93.8 cm³/mol. The van der Waals surface area contributed by atoms with Crippen molar-refractivity contribution in [3.8, 4) is 0 Å². The molecule has 1 aromatic heterocycles. The number of aromatic amines is 1. The van der Waals surface area contributed by atoms with Gasteiger partial charge in [0, 0.05) is 5.75 Å². The topological polar surface area (TPSA) is 101 Å². The van der Waals surface area contributed by atoms with E-state index in [-0.39, 0.29) is 17.1 Å². The number of anilines is 2. The molecule has 2 rings (SSSR count). The molecule has 128 valence electrons. The van der Waals surface area contributed by atoms with E-state index >= 15 is 0 Å². The van der Waals surface area contributed by atoms with Gasteiger partial charge >= 0.3 is 0 Å². The van der Waals surface area contributed by atoms with Gasteiger partial charge in [0.1, 0.15) is 11.5 Å². The molecule has 6 nitrogen and oxygen atoms in total. The highest BCUT2D eigenvalue weighted by molar-refractivity contribution is 7.99. The van der Waals surface area contributed by atoms with Crippen LogP contribution in [0.25, 0.3) is 0 Å². The summed E-state index contributed by atoms with van der Waals surface area (Å²) >= 11 is 1.38. The van der Waals surface area contributed by atoms with Gasteiger partial charge in [0.15, 0.2) is 11.0 Å². The van der Waals surface area contributed by atoms with Crippen LogP contribution in [0.4, 0.5) is 15.9 Å². The Balaban J connectivity index is 2.15. The third-order valence-corrected chi connectivity index (χ3v) is 4.12. The second-order valence-corrected chi connectivity index (χ2v) is 6.68. The molecule has 0 fully saturated rings. The summed E-state index contributed by atoms with van der Waals surface area (Å²) in [6, 6.07) is 5.48. The van der Waals surface area contributed by atoms with Crippen molar-refractivity contribution >= 4 is 29.2 Å². The van der Waals surface area contributed by atoms with Gasteiger partial charge in [-0.15, -0.1) is 0 Å². The van der Waals surface area contributed by atoms with Gasteiger partial charge in [-0.25, -0.2) is 9.37 Å². The number of hydrogen-bond acceptors (Lipinski definition) is 5. The molecule has 0 bridgehead atoms. The lowest BCUT2D eigenvalue weighted by Crippen LogP contribution is -2.23. The molecular formula is C16H19FN4O2S. The Morgan fingerprint density at radius 3 is 2.75 bits per heavy atom. The van der Waals surface area contributed by atoms with E-state index in [0.717, 1.165) is 18.2 Å². The zero-order valence-electron chi connectivity index (χ0n) is 13.4. The number of nitrogens with two attached hydrogens (primary N) is 1. The number of nitrogens with zero attached hydrogens (tertiary/aromatic N) is 1. The van der Waals surface area contributed by atoms with E-state index in [4.69, 9.17) is 5.73 Å². The minimum Gasteiger partial charge on any atom is -0.382 e. The molecule has 2 aromatic rings. The van der Waals surface area contributed by atoms with Crippen LogP contribution < -0.4 is 16.6 Å². The summed E-state index contributed by atoms with van der Waals surface area (Å²) in [7, 11) is 0. The fraction of sp³-hybridized carbons (Fsp3) is 0.312. The monoisotopic (exact) mass is 350 g/mol. The highest BCUT2D eigenvalue weighted by atomic mass is 32.2. The zero-order chi connectivity index (χ0) is 17.7. The van der Waals surface area contributed by atoms with E-state index in [1.807, 2.05) is 0 Å². The number of halogens is 1. The van der Waals surface area contributed by atoms with Crippen molar-refractivity contribution in [3.05, 3.63) is 46.0 Å². The van der Waals surface area contributed by atoms with Crippen molar-refractivity contribution < 1.29 is 9.18 Å². The molecule has 8 heteroatoms. The predicted octanol–water partition coefficient (Wildman–Crippen LogP) is 2.88. The van der Waals surface area contributed by atoms with Crippen molar-refractivity contribution in [2.75, 3.05) is 16.8 Å². The van der Waals surface area contributed by atoms with Gasteiger partial charge in [-0.3, -0.25) is 14.6 Å². The highest BCUT2D eigenvalue weighted by Gasteiger charge is 2.16. The number of aromatic nitrogens is 2. The molecule has 1 aromatic carbocycles. The minimum absolute atomic E-state index is 0.101. The van der Waals surface area contributed by atoms with Crippen LogP contribution in [0.2, 0.25) is 0 Å². The van der Waals surface area contributed by atoms with Crippen molar-refractivity contribution in [1.82, 2.24) is 9.97 Å².